The molecular weight excluding hydrogens is 904 g/mol. The lowest BCUT2D eigenvalue weighted by Gasteiger charge is -2.25. The van der Waals surface area contributed by atoms with Crippen LogP contribution >= 0.6 is 55.6 Å². The van der Waals surface area contributed by atoms with Gasteiger partial charge in [0.1, 0.15) is 50.4 Å². The predicted octanol–water partition coefficient (Wildman–Crippen LogP) is 7.26. The molecule has 1 aromatic heterocycles. The molecule has 4 aliphatic rings. The maximum absolute atomic E-state index is 11.5. The van der Waals surface area contributed by atoms with Crippen LogP contribution in [0.4, 0.5) is 0 Å². The molecule has 3 N–H and O–H groups in total. The molecule has 0 amide bonds. The van der Waals surface area contributed by atoms with Crippen molar-refractivity contribution in [1.29, 1.82) is 0 Å². The average Bonchev–Trinajstić information content (AvgIpc) is 4.02. The van der Waals surface area contributed by atoms with E-state index in [9.17, 15) is 24.6 Å². The first-order valence-corrected chi connectivity index (χ1v) is 27.5. The maximum Gasteiger partial charge on any atom is 0.339 e. The van der Waals surface area contributed by atoms with Gasteiger partial charge in [0.05, 0.1) is 66.7 Å². The van der Waals surface area contributed by atoms with Crippen molar-refractivity contribution >= 4 is 73.3 Å². The number of esters is 2. The predicted molar refractivity (Wildman–Crippen MR) is 266 cm³/mol. The fourth-order valence-electron chi connectivity index (χ4n) is 6.39. The molecule has 5 rings (SSSR count). The Morgan fingerprint density at radius 2 is 1.46 bits per heavy atom. The second-order valence-electron chi connectivity index (χ2n) is 18.3. The number of ether oxygens (including phenoxy) is 4. The quantitative estimate of drug-likeness (QED) is 0.0490. The number of unbranched alkanes of at least 4 members (excludes halogenated alkanes) is 2. The van der Waals surface area contributed by atoms with Gasteiger partial charge in [-0.1, -0.05) is 62.9 Å². The molecule has 0 aromatic carbocycles. The number of hydrogen-bond acceptors (Lipinski definition) is 15. The molecule has 0 saturated carbocycles. The highest BCUT2D eigenvalue weighted by atomic mass is 35.5. The number of rotatable bonds is 21. The Kier molecular flexibility index (Phi) is 32.9. The van der Waals surface area contributed by atoms with Gasteiger partial charge in [-0.05, 0) is 77.0 Å². The summed E-state index contributed by atoms with van der Waals surface area (Å²) in [5, 5.41) is 24.2. The molecule has 13 nitrogen and oxygen atoms in total. The first-order valence-electron chi connectivity index (χ1n) is 22.7. The molecule has 4 saturated heterocycles. The van der Waals surface area contributed by atoms with E-state index in [1.807, 2.05) is 50.1 Å². The van der Waals surface area contributed by atoms with Crippen LogP contribution in [-0.2, 0) is 28.5 Å². The lowest BCUT2D eigenvalue weighted by Crippen LogP contribution is -2.39. The van der Waals surface area contributed by atoms with Crippen LogP contribution in [0.25, 0.3) is 0 Å². The Balaban J connectivity index is 0.000000420. The molecule has 7 atom stereocenters. The number of pyridine rings is 1. The molecule has 1 aromatic rings. The van der Waals surface area contributed by atoms with Gasteiger partial charge in [0.15, 0.2) is 0 Å². The normalized spacial score (nSPS) is 24.3. The first kappa shape index (κ1) is 60.2. The van der Waals surface area contributed by atoms with Gasteiger partial charge in [-0.2, -0.15) is 0 Å². The van der Waals surface area contributed by atoms with Gasteiger partial charge in [-0.25, -0.2) is 4.79 Å². The standard InChI is InChI=1S/C13H26NO2S2.C11H17N2O2.C11H21NO4.C10H18OS2.ClH/c1-14(2,3)9-10-16-13(15)7-5-4-6-12-8-11-17-18-12;1-13(2,3)7-8-15-11(14)10-5-4-6-12-9-10;1-7-10(13)11(14)9(16-7)6-15-8-3-2-4-12-5-8;1-2-9(11)5-3-4-6-10-7-8-12-13-10;/h12H,4-11H2,1-3H3;4-6,9H,7-8H2,1-3H3;7-14H,2-6H2,1H3;10H,2-8H2,1H3;1H/q2*+1;;;. The molecule has 366 valence electrons. The van der Waals surface area contributed by atoms with Crippen LogP contribution in [0.1, 0.15) is 108 Å². The van der Waals surface area contributed by atoms with E-state index in [4.69, 9.17) is 18.9 Å². The highest BCUT2D eigenvalue weighted by molar-refractivity contribution is 8.77. The molecule has 4 fully saturated rings. The van der Waals surface area contributed by atoms with Gasteiger partial charge in [0, 0.05) is 60.2 Å². The summed E-state index contributed by atoms with van der Waals surface area (Å²) in [4.78, 5) is 37.8. The molecule has 4 aliphatic heterocycles. The Bertz CT molecular complexity index is 1350. The van der Waals surface area contributed by atoms with Crippen molar-refractivity contribution in [1.82, 2.24) is 10.3 Å². The minimum absolute atomic E-state index is 0. The average molecular weight is 988 g/mol. The number of aromatic nitrogens is 1. The van der Waals surface area contributed by atoms with E-state index in [0.717, 1.165) is 84.2 Å². The zero-order valence-corrected chi connectivity index (χ0v) is 43.6. The summed E-state index contributed by atoms with van der Waals surface area (Å²) < 4.78 is 23.1. The molecule has 0 aliphatic carbocycles. The minimum Gasteiger partial charge on any atom is -0.460 e. The maximum atomic E-state index is 11.5. The van der Waals surface area contributed by atoms with Crippen LogP contribution < -0.4 is 5.32 Å². The van der Waals surface area contributed by atoms with Crippen LogP contribution in [0.2, 0.25) is 0 Å². The Labute approximate surface area is 402 Å². The number of aliphatic hydroxyl groups excluding tert-OH is 2. The van der Waals surface area contributed by atoms with Crippen molar-refractivity contribution in [2.75, 3.05) is 99.8 Å². The highest BCUT2D eigenvalue weighted by Gasteiger charge is 2.40. The number of likely N-dealkylation sites (N-methyl/N-ethyl adjacent to an activating group) is 2. The number of halogens is 1. The van der Waals surface area contributed by atoms with Crippen molar-refractivity contribution < 1.29 is 52.5 Å². The van der Waals surface area contributed by atoms with E-state index in [2.05, 4.69) is 52.6 Å². The third-order valence-corrected chi connectivity index (χ3v) is 16.5. The lowest BCUT2D eigenvalue weighted by atomic mass is 10.1. The monoisotopic (exact) mass is 986 g/mol. The second-order valence-corrected chi connectivity index (χ2v) is 23.9. The number of nitrogens with one attached hydrogen (secondary N) is 1. The summed E-state index contributed by atoms with van der Waals surface area (Å²) in [5.74, 6) is 2.70. The van der Waals surface area contributed by atoms with Gasteiger partial charge in [-0.3, -0.25) is 14.6 Å². The fourth-order valence-corrected chi connectivity index (χ4v) is 12.4. The van der Waals surface area contributed by atoms with Gasteiger partial charge in [0.2, 0.25) is 0 Å². The number of ketones is 1. The van der Waals surface area contributed by atoms with Crippen LogP contribution in [0.3, 0.4) is 0 Å². The number of nitrogens with zero attached hydrogens (tertiary/aromatic N) is 3. The van der Waals surface area contributed by atoms with Crippen molar-refractivity contribution in [3.05, 3.63) is 30.1 Å². The van der Waals surface area contributed by atoms with Crippen LogP contribution in [0.5, 0.6) is 0 Å². The summed E-state index contributed by atoms with van der Waals surface area (Å²) in [6.07, 6.45) is 15.0. The molecule has 63 heavy (non-hydrogen) atoms. The number of quaternary nitrogens is 2. The van der Waals surface area contributed by atoms with E-state index < -0.39 is 18.3 Å². The Morgan fingerprint density at radius 1 is 0.857 bits per heavy atom. The van der Waals surface area contributed by atoms with Gasteiger partial charge >= 0.3 is 11.9 Å². The minimum atomic E-state index is -0.827. The summed E-state index contributed by atoms with van der Waals surface area (Å²) in [7, 11) is 20.5. The Hall–Kier alpha value is -0.830. The third-order valence-electron chi connectivity index (χ3n) is 10.5. The van der Waals surface area contributed by atoms with E-state index >= 15 is 0 Å². The largest absolute Gasteiger partial charge is 0.460 e. The molecule has 7 unspecified atom stereocenters. The van der Waals surface area contributed by atoms with Crippen molar-refractivity contribution in [3.8, 4) is 0 Å². The summed E-state index contributed by atoms with van der Waals surface area (Å²) in [6.45, 7) is 8.62. The van der Waals surface area contributed by atoms with Crippen LogP contribution in [0.15, 0.2) is 24.5 Å². The van der Waals surface area contributed by atoms with Gasteiger partial charge < -0.3 is 43.4 Å². The molecule has 18 heteroatoms. The lowest BCUT2D eigenvalue weighted by molar-refractivity contribution is -0.870. The summed E-state index contributed by atoms with van der Waals surface area (Å²) in [5.41, 5.74) is 0.499. The Morgan fingerprint density at radius 3 is 1.94 bits per heavy atom. The number of carbonyl (C=O) groups excluding carboxylic acids is 3. The van der Waals surface area contributed by atoms with Gasteiger partial charge in [-0.15, -0.1) is 12.4 Å². The number of Topliss-reactive ketones (excluding diaryl/α,β-unsaturated/α-hetero) is 1. The SMILES string of the molecule is CC1OC(COC2CCCNC2)C(O)C1O.CCC(=O)CCCCC1CCSS1.C[N+](C)(C)CCOC(=O)CCCCC1CCSS1.C[N+](C)(C)CCOC(=O)c1cccnc1.Cl. The number of hydrogen-bond donors (Lipinski definition) is 3. The number of aliphatic hydroxyl groups is 2. The second kappa shape index (κ2) is 34.5. The zero-order chi connectivity index (χ0) is 45.8. The molecule has 0 radical (unpaired) electrons. The van der Waals surface area contributed by atoms with Crippen LogP contribution in [0, 0.1) is 0 Å². The number of piperidine rings is 1. The smallest absolute Gasteiger partial charge is 0.339 e. The van der Waals surface area contributed by atoms with E-state index in [-0.39, 0.29) is 36.6 Å². The van der Waals surface area contributed by atoms with Gasteiger partial charge in [0.25, 0.3) is 0 Å². The third kappa shape index (κ3) is 30.2. The molecule has 0 spiro atoms. The summed E-state index contributed by atoms with van der Waals surface area (Å²) >= 11 is 0. The zero-order valence-electron chi connectivity index (χ0n) is 39.5. The fraction of sp³-hybridized carbons (Fsp3) is 0.822. The van der Waals surface area contributed by atoms with Crippen molar-refractivity contribution in [2.24, 2.45) is 0 Å². The first-order chi connectivity index (χ1) is 29.5. The van der Waals surface area contributed by atoms with Crippen molar-refractivity contribution in [2.45, 2.75) is 138 Å². The number of carbonyl (C=O) groups is 3. The van der Waals surface area contributed by atoms with E-state index in [1.165, 1.54) is 49.8 Å². The molecule has 0 bridgehead atoms. The highest BCUT2D eigenvalue weighted by Crippen LogP contribution is 2.40. The summed E-state index contributed by atoms with van der Waals surface area (Å²) in [6, 6.07) is 3.41. The van der Waals surface area contributed by atoms with Crippen molar-refractivity contribution in [3.63, 3.8) is 0 Å². The van der Waals surface area contributed by atoms with E-state index in [0.29, 0.717) is 44.0 Å². The van der Waals surface area contributed by atoms with Crippen LogP contribution in [-0.4, -0.2) is 183 Å². The molecule has 5 heterocycles. The van der Waals surface area contributed by atoms with E-state index in [1.54, 1.807) is 25.3 Å². The topological polar surface area (TPSA) is 154 Å². The molecular formula is C45H83ClN4O9S4+2.